The molecule has 0 rings (SSSR count). The number of rotatable bonds is 5. The fourth-order valence-electron chi connectivity index (χ4n) is 0.707. The number of hydrogen-bond donors (Lipinski definition) is 4. The first-order valence-corrected chi connectivity index (χ1v) is 3.50. The second kappa shape index (κ2) is 5.61. The van der Waals surface area contributed by atoms with Crippen molar-refractivity contribution in [3.63, 3.8) is 0 Å². The zero-order valence-electron chi connectivity index (χ0n) is 6.03. The van der Waals surface area contributed by atoms with Crippen molar-refractivity contribution in [2.45, 2.75) is 38.1 Å². The zero-order chi connectivity index (χ0) is 7.98. The van der Waals surface area contributed by atoms with Gasteiger partial charge < -0.3 is 21.7 Å². The molecular weight excluding hydrogens is 132 g/mol. The molecule has 0 aliphatic rings. The molecule has 6 N–H and O–H groups in total. The molecule has 0 fully saturated rings. The van der Waals surface area contributed by atoms with Crippen molar-refractivity contribution in [1.29, 1.82) is 0 Å². The molecule has 10 heavy (non-hydrogen) atoms. The van der Waals surface area contributed by atoms with E-state index >= 15 is 0 Å². The predicted molar refractivity (Wildman–Crippen MR) is 38.9 cm³/mol. The fraction of sp³-hybridized carbons (Fsp3) is 1.00. The summed E-state index contributed by atoms with van der Waals surface area (Å²) < 4.78 is 0. The highest BCUT2D eigenvalue weighted by Gasteiger charge is 1.97. The van der Waals surface area contributed by atoms with Crippen LogP contribution in [0.5, 0.6) is 0 Å². The molecule has 2 atom stereocenters. The number of hydrogen-bond acceptors (Lipinski definition) is 4. The van der Waals surface area contributed by atoms with Crippen molar-refractivity contribution >= 4 is 0 Å². The van der Waals surface area contributed by atoms with Crippen LogP contribution in [0.1, 0.15) is 25.7 Å². The van der Waals surface area contributed by atoms with E-state index < -0.39 is 12.5 Å². The molecule has 0 amide bonds. The quantitative estimate of drug-likeness (QED) is 0.300. The van der Waals surface area contributed by atoms with Gasteiger partial charge in [0.2, 0.25) is 0 Å². The number of unbranched alkanes of at least 4 members (excludes halogenated alkanes) is 1. The topological polar surface area (TPSA) is 92.5 Å². The maximum atomic E-state index is 8.60. The monoisotopic (exact) mass is 148 g/mol. The molecule has 0 heterocycles. The van der Waals surface area contributed by atoms with Crippen molar-refractivity contribution in [2.24, 2.45) is 11.5 Å². The van der Waals surface area contributed by atoms with Gasteiger partial charge in [-0.25, -0.2) is 0 Å². The smallest absolute Gasteiger partial charge is 0.102 e. The van der Waals surface area contributed by atoms with Crippen LogP contribution < -0.4 is 11.5 Å². The van der Waals surface area contributed by atoms with Crippen molar-refractivity contribution in [3.05, 3.63) is 0 Å². The van der Waals surface area contributed by atoms with Crippen LogP contribution in [-0.4, -0.2) is 22.7 Å². The minimum atomic E-state index is -0.727. The van der Waals surface area contributed by atoms with Crippen molar-refractivity contribution in [2.75, 3.05) is 0 Å². The minimum Gasteiger partial charge on any atom is -0.379 e. The van der Waals surface area contributed by atoms with E-state index in [1.807, 2.05) is 0 Å². The second-order valence-electron chi connectivity index (χ2n) is 2.42. The third-order valence-corrected chi connectivity index (χ3v) is 1.25. The number of aliphatic hydroxyl groups is 2. The largest absolute Gasteiger partial charge is 0.379 e. The first kappa shape index (κ1) is 9.84. The van der Waals surface area contributed by atoms with E-state index in [1.54, 1.807) is 0 Å². The third-order valence-electron chi connectivity index (χ3n) is 1.25. The first-order chi connectivity index (χ1) is 4.63. The Morgan fingerprint density at radius 2 is 1.20 bits per heavy atom. The van der Waals surface area contributed by atoms with Crippen LogP contribution in [0.3, 0.4) is 0 Å². The summed E-state index contributed by atoms with van der Waals surface area (Å²) in [6, 6.07) is 0. The molecule has 0 radical (unpaired) electrons. The summed E-state index contributed by atoms with van der Waals surface area (Å²) in [5, 5.41) is 17.2. The van der Waals surface area contributed by atoms with Gasteiger partial charge in [0.1, 0.15) is 12.5 Å². The van der Waals surface area contributed by atoms with E-state index in [2.05, 4.69) is 0 Å². The summed E-state index contributed by atoms with van der Waals surface area (Å²) in [7, 11) is 0. The molecule has 4 nitrogen and oxygen atoms in total. The summed E-state index contributed by atoms with van der Waals surface area (Å²) in [4.78, 5) is 0. The van der Waals surface area contributed by atoms with Crippen molar-refractivity contribution < 1.29 is 10.2 Å². The van der Waals surface area contributed by atoms with Gasteiger partial charge in [-0.2, -0.15) is 0 Å². The van der Waals surface area contributed by atoms with Crippen LogP contribution in [0, 0.1) is 0 Å². The van der Waals surface area contributed by atoms with Crippen LogP contribution in [-0.2, 0) is 0 Å². The zero-order valence-corrected chi connectivity index (χ0v) is 6.03. The van der Waals surface area contributed by atoms with Crippen molar-refractivity contribution in [1.82, 2.24) is 0 Å². The lowest BCUT2D eigenvalue weighted by molar-refractivity contribution is 0.151. The van der Waals surface area contributed by atoms with E-state index in [4.69, 9.17) is 21.7 Å². The standard InChI is InChI=1S/C6H16N2O2/c7-5(9)3-1-2-4-6(8)10/h5-6,9-10H,1-4,7-8H2. The maximum absolute atomic E-state index is 8.60. The van der Waals surface area contributed by atoms with Gasteiger partial charge in [0, 0.05) is 0 Å². The Balaban J connectivity index is 2.91. The van der Waals surface area contributed by atoms with Crippen LogP contribution in [0.4, 0.5) is 0 Å². The Morgan fingerprint density at radius 3 is 1.40 bits per heavy atom. The van der Waals surface area contributed by atoms with E-state index in [0.29, 0.717) is 12.8 Å². The Labute approximate surface area is 60.8 Å². The molecule has 0 bridgehead atoms. The molecule has 0 aliphatic heterocycles. The van der Waals surface area contributed by atoms with Crippen LogP contribution >= 0.6 is 0 Å². The lowest BCUT2D eigenvalue weighted by atomic mass is 10.2. The Bertz CT molecular complexity index is 66.1. The Kier molecular flexibility index (Phi) is 5.52. The van der Waals surface area contributed by atoms with Gasteiger partial charge >= 0.3 is 0 Å². The van der Waals surface area contributed by atoms with Crippen LogP contribution in [0.2, 0.25) is 0 Å². The highest BCUT2D eigenvalue weighted by atomic mass is 16.3. The number of aliphatic hydroxyl groups excluding tert-OH is 2. The molecule has 4 heteroatoms. The molecule has 0 aromatic carbocycles. The summed E-state index contributed by atoms with van der Waals surface area (Å²) in [5.74, 6) is 0. The highest BCUT2D eigenvalue weighted by molar-refractivity contribution is 4.49. The summed E-state index contributed by atoms with van der Waals surface area (Å²) in [5.41, 5.74) is 10.1. The van der Waals surface area contributed by atoms with E-state index in [0.717, 1.165) is 12.8 Å². The summed E-state index contributed by atoms with van der Waals surface area (Å²) >= 11 is 0. The minimum absolute atomic E-state index is 0.576. The molecule has 0 saturated heterocycles. The third kappa shape index (κ3) is 7.84. The average molecular weight is 148 g/mol. The maximum Gasteiger partial charge on any atom is 0.102 e. The molecule has 0 saturated carbocycles. The molecule has 0 aliphatic carbocycles. The second-order valence-corrected chi connectivity index (χ2v) is 2.42. The highest BCUT2D eigenvalue weighted by Crippen LogP contribution is 2.01. The molecule has 0 spiro atoms. The van der Waals surface area contributed by atoms with Gasteiger partial charge in [-0.05, 0) is 25.7 Å². The summed E-state index contributed by atoms with van der Waals surface area (Å²) in [6.07, 6.45) is 1.32. The van der Waals surface area contributed by atoms with Gasteiger partial charge in [-0.15, -0.1) is 0 Å². The van der Waals surface area contributed by atoms with Gasteiger partial charge in [0.05, 0.1) is 0 Å². The van der Waals surface area contributed by atoms with Gasteiger partial charge in [-0.1, -0.05) is 0 Å². The molecule has 0 aromatic heterocycles. The average Bonchev–Trinajstić information content (AvgIpc) is 1.79. The summed E-state index contributed by atoms with van der Waals surface area (Å²) in [6.45, 7) is 0. The van der Waals surface area contributed by atoms with Gasteiger partial charge in [0.15, 0.2) is 0 Å². The molecule has 62 valence electrons. The van der Waals surface area contributed by atoms with Gasteiger partial charge in [-0.3, -0.25) is 0 Å². The Hall–Kier alpha value is -0.160. The Morgan fingerprint density at radius 1 is 0.900 bits per heavy atom. The molecule has 0 aromatic rings. The first-order valence-electron chi connectivity index (χ1n) is 3.50. The number of nitrogens with two attached hydrogens (primary N) is 2. The SMILES string of the molecule is NC(O)CCCCC(N)O. The van der Waals surface area contributed by atoms with E-state index in [1.165, 1.54) is 0 Å². The van der Waals surface area contributed by atoms with Crippen LogP contribution in [0.15, 0.2) is 0 Å². The normalized spacial score (nSPS) is 16.8. The van der Waals surface area contributed by atoms with Gasteiger partial charge in [0.25, 0.3) is 0 Å². The fourth-order valence-corrected chi connectivity index (χ4v) is 0.707. The van der Waals surface area contributed by atoms with E-state index in [9.17, 15) is 0 Å². The molecular formula is C6H16N2O2. The predicted octanol–water partition coefficient (Wildman–Crippen LogP) is -0.899. The van der Waals surface area contributed by atoms with Crippen molar-refractivity contribution in [3.8, 4) is 0 Å². The molecule has 2 unspecified atom stereocenters. The lowest BCUT2D eigenvalue weighted by Crippen LogP contribution is -2.20. The van der Waals surface area contributed by atoms with Crippen LogP contribution in [0.25, 0.3) is 0 Å². The van der Waals surface area contributed by atoms with E-state index in [-0.39, 0.29) is 0 Å². The lowest BCUT2D eigenvalue weighted by Gasteiger charge is -2.04.